The number of rotatable bonds is 4. The first-order valence-electron chi connectivity index (χ1n) is 4.67. The Kier molecular flexibility index (Phi) is 4.90. The summed E-state index contributed by atoms with van der Waals surface area (Å²) in [4.78, 5) is 12.2. The Morgan fingerprint density at radius 3 is 2.73 bits per heavy atom. The molecule has 1 heterocycles. The fraction of sp³-hybridized carbons (Fsp3) is 0.500. The standard InChI is InChI=1S/C10H13Cl2NOS/c1-6(2)8(12)5-13-10(14)9-7(11)3-4-15-9/h3-4,6,8H,5H2,1-2H3,(H,13,14). The smallest absolute Gasteiger partial charge is 0.262 e. The number of halogens is 2. The molecule has 84 valence electrons. The summed E-state index contributed by atoms with van der Waals surface area (Å²) in [6.07, 6.45) is 0. The molecule has 0 radical (unpaired) electrons. The van der Waals surface area contributed by atoms with E-state index in [0.717, 1.165) is 0 Å². The molecular formula is C10H13Cl2NOS. The van der Waals surface area contributed by atoms with Crippen LogP contribution in [-0.2, 0) is 0 Å². The van der Waals surface area contributed by atoms with Gasteiger partial charge in [0, 0.05) is 6.54 Å². The van der Waals surface area contributed by atoms with Crippen LogP contribution in [-0.4, -0.2) is 17.8 Å². The highest BCUT2D eigenvalue weighted by molar-refractivity contribution is 7.12. The lowest BCUT2D eigenvalue weighted by atomic mass is 10.1. The average molecular weight is 266 g/mol. The van der Waals surface area contributed by atoms with E-state index in [9.17, 15) is 4.79 Å². The van der Waals surface area contributed by atoms with Gasteiger partial charge >= 0.3 is 0 Å². The number of thiophene rings is 1. The van der Waals surface area contributed by atoms with E-state index in [4.69, 9.17) is 23.2 Å². The second kappa shape index (κ2) is 5.73. The molecule has 1 rings (SSSR count). The van der Waals surface area contributed by atoms with Crippen LogP contribution in [0, 0.1) is 5.92 Å². The second-order valence-electron chi connectivity index (χ2n) is 3.57. The van der Waals surface area contributed by atoms with Crippen molar-refractivity contribution < 1.29 is 4.79 Å². The minimum absolute atomic E-state index is 0.0484. The highest BCUT2D eigenvalue weighted by Gasteiger charge is 2.14. The van der Waals surface area contributed by atoms with Gasteiger partial charge in [0.1, 0.15) is 4.88 Å². The van der Waals surface area contributed by atoms with Crippen molar-refractivity contribution in [3.63, 3.8) is 0 Å². The Morgan fingerprint density at radius 1 is 1.60 bits per heavy atom. The van der Waals surface area contributed by atoms with Crippen LogP contribution in [0.3, 0.4) is 0 Å². The topological polar surface area (TPSA) is 29.1 Å². The summed E-state index contributed by atoms with van der Waals surface area (Å²) in [6.45, 7) is 4.50. The first-order chi connectivity index (χ1) is 7.02. The Hall–Kier alpha value is -0.250. The number of nitrogens with one attached hydrogen (secondary N) is 1. The van der Waals surface area contributed by atoms with E-state index in [1.54, 1.807) is 11.4 Å². The van der Waals surface area contributed by atoms with Gasteiger partial charge in [-0.25, -0.2) is 0 Å². The zero-order valence-corrected chi connectivity index (χ0v) is 10.9. The van der Waals surface area contributed by atoms with Gasteiger partial charge in [0.2, 0.25) is 0 Å². The van der Waals surface area contributed by atoms with Gasteiger partial charge in [-0.05, 0) is 17.4 Å². The summed E-state index contributed by atoms with van der Waals surface area (Å²) < 4.78 is 0. The van der Waals surface area contributed by atoms with Gasteiger partial charge in [-0.2, -0.15) is 0 Å². The number of hydrogen-bond acceptors (Lipinski definition) is 2. The molecule has 1 aromatic heterocycles. The first-order valence-corrected chi connectivity index (χ1v) is 6.37. The van der Waals surface area contributed by atoms with Crippen LogP contribution in [0.4, 0.5) is 0 Å². The fourth-order valence-electron chi connectivity index (χ4n) is 0.962. The second-order valence-corrected chi connectivity index (χ2v) is 5.45. The zero-order valence-electron chi connectivity index (χ0n) is 8.59. The highest BCUT2D eigenvalue weighted by Crippen LogP contribution is 2.21. The molecule has 0 saturated heterocycles. The lowest BCUT2D eigenvalue weighted by Gasteiger charge is -2.13. The van der Waals surface area contributed by atoms with E-state index >= 15 is 0 Å². The summed E-state index contributed by atoms with van der Waals surface area (Å²) in [5.74, 6) is 0.187. The van der Waals surface area contributed by atoms with E-state index in [-0.39, 0.29) is 11.3 Å². The van der Waals surface area contributed by atoms with Gasteiger partial charge in [-0.1, -0.05) is 25.4 Å². The van der Waals surface area contributed by atoms with Gasteiger partial charge in [-0.15, -0.1) is 22.9 Å². The monoisotopic (exact) mass is 265 g/mol. The SMILES string of the molecule is CC(C)C(Cl)CNC(=O)c1sccc1Cl. The number of amides is 1. The number of hydrogen-bond donors (Lipinski definition) is 1. The van der Waals surface area contributed by atoms with E-state index in [1.165, 1.54) is 11.3 Å². The van der Waals surface area contributed by atoms with Crippen molar-refractivity contribution in [3.05, 3.63) is 21.3 Å². The minimum atomic E-state index is -0.152. The molecule has 1 aromatic rings. The van der Waals surface area contributed by atoms with Crippen molar-refractivity contribution in [1.29, 1.82) is 0 Å². The summed E-state index contributed by atoms with van der Waals surface area (Å²) in [6, 6.07) is 1.71. The average Bonchev–Trinajstić information content (AvgIpc) is 2.60. The van der Waals surface area contributed by atoms with Crippen molar-refractivity contribution in [1.82, 2.24) is 5.32 Å². The van der Waals surface area contributed by atoms with Gasteiger partial charge in [0.15, 0.2) is 0 Å². The van der Waals surface area contributed by atoms with Crippen molar-refractivity contribution in [2.24, 2.45) is 5.92 Å². The van der Waals surface area contributed by atoms with Crippen LogP contribution < -0.4 is 5.32 Å². The molecule has 0 spiro atoms. The Morgan fingerprint density at radius 2 is 2.27 bits per heavy atom. The van der Waals surface area contributed by atoms with Crippen molar-refractivity contribution in [3.8, 4) is 0 Å². The molecule has 5 heteroatoms. The maximum atomic E-state index is 11.6. The van der Waals surface area contributed by atoms with Crippen LogP contribution in [0.2, 0.25) is 5.02 Å². The zero-order chi connectivity index (χ0) is 11.4. The number of carbonyl (C=O) groups excluding carboxylic acids is 1. The van der Waals surface area contributed by atoms with Crippen LogP contribution in [0.5, 0.6) is 0 Å². The minimum Gasteiger partial charge on any atom is -0.350 e. The van der Waals surface area contributed by atoms with Crippen molar-refractivity contribution >= 4 is 40.4 Å². The summed E-state index contributed by atoms with van der Waals surface area (Å²) in [5.41, 5.74) is 0. The van der Waals surface area contributed by atoms with Gasteiger partial charge in [-0.3, -0.25) is 4.79 Å². The third kappa shape index (κ3) is 3.67. The molecule has 0 aliphatic carbocycles. The molecule has 0 aliphatic heterocycles. The van der Waals surface area contributed by atoms with Crippen LogP contribution in [0.1, 0.15) is 23.5 Å². The predicted molar refractivity (Wildman–Crippen MR) is 66.1 cm³/mol. The predicted octanol–water partition coefficient (Wildman–Crippen LogP) is 3.39. The van der Waals surface area contributed by atoms with Crippen molar-refractivity contribution in [2.45, 2.75) is 19.2 Å². The van der Waals surface area contributed by atoms with Gasteiger partial charge in [0.05, 0.1) is 10.4 Å². The van der Waals surface area contributed by atoms with Crippen LogP contribution in [0.25, 0.3) is 0 Å². The summed E-state index contributed by atoms with van der Waals surface area (Å²) in [7, 11) is 0. The van der Waals surface area contributed by atoms with E-state index in [2.05, 4.69) is 5.32 Å². The largest absolute Gasteiger partial charge is 0.350 e. The highest BCUT2D eigenvalue weighted by atomic mass is 35.5. The summed E-state index contributed by atoms with van der Waals surface area (Å²) >= 11 is 13.2. The maximum Gasteiger partial charge on any atom is 0.262 e. The molecule has 1 unspecified atom stereocenters. The van der Waals surface area contributed by atoms with Gasteiger partial charge in [0.25, 0.3) is 5.91 Å². The molecular weight excluding hydrogens is 253 g/mol. The molecule has 0 aromatic carbocycles. The normalized spacial score (nSPS) is 12.9. The molecule has 15 heavy (non-hydrogen) atoms. The first kappa shape index (κ1) is 12.8. The van der Waals surface area contributed by atoms with E-state index < -0.39 is 0 Å². The third-order valence-corrected chi connectivity index (χ3v) is 4.00. The number of carbonyl (C=O) groups is 1. The molecule has 0 aliphatic rings. The van der Waals surface area contributed by atoms with Gasteiger partial charge < -0.3 is 5.32 Å². The Bertz CT molecular complexity index is 338. The van der Waals surface area contributed by atoms with E-state index in [0.29, 0.717) is 22.4 Å². The molecule has 1 atom stereocenters. The Balaban J connectivity index is 2.47. The third-order valence-electron chi connectivity index (χ3n) is 2.00. The molecule has 0 saturated carbocycles. The molecule has 2 nitrogen and oxygen atoms in total. The van der Waals surface area contributed by atoms with Crippen LogP contribution >= 0.6 is 34.5 Å². The maximum absolute atomic E-state index is 11.6. The molecule has 1 N–H and O–H groups in total. The summed E-state index contributed by atoms with van der Waals surface area (Å²) in [5, 5.41) is 5.00. The fourth-order valence-corrected chi connectivity index (χ4v) is 2.10. The number of alkyl halides is 1. The molecule has 0 fully saturated rings. The molecule has 1 amide bonds. The van der Waals surface area contributed by atoms with Crippen molar-refractivity contribution in [2.75, 3.05) is 6.54 Å². The molecule has 0 bridgehead atoms. The lowest BCUT2D eigenvalue weighted by Crippen LogP contribution is -2.31. The quantitative estimate of drug-likeness (QED) is 0.831. The van der Waals surface area contributed by atoms with Crippen LogP contribution in [0.15, 0.2) is 11.4 Å². The lowest BCUT2D eigenvalue weighted by molar-refractivity contribution is 0.0956. The Labute approximate surface area is 104 Å². The van der Waals surface area contributed by atoms with E-state index in [1.807, 2.05) is 13.8 Å².